The van der Waals surface area contributed by atoms with Gasteiger partial charge >= 0.3 is 12.1 Å². The zero-order valence-corrected chi connectivity index (χ0v) is 15.2. The van der Waals surface area contributed by atoms with E-state index in [1.807, 2.05) is 0 Å². The number of aromatic carboxylic acids is 1. The van der Waals surface area contributed by atoms with E-state index in [9.17, 15) is 27.5 Å². The molecule has 1 aromatic heterocycles. The number of carbonyl (C=O) groups is 1. The number of alkyl halides is 3. The molecule has 1 saturated carbocycles. The predicted molar refractivity (Wildman–Crippen MR) is 96.6 cm³/mol. The van der Waals surface area contributed by atoms with E-state index in [4.69, 9.17) is 0 Å². The Kier molecular flexibility index (Phi) is 5.58. The number of carboxylic acids is 1. The van der Waals surface area contributed by atoms with Crippen LogP contribution in [0.4, 0.5) is 23.4 Å². The van der Waals surface area contributed by atoms with Crippen LogP contribution in [0.5, 0.6) is 0 Å². The minimum atomic E-state index is -4.74. The number of anilines is 1. The highest BCUT2D eigenvalue weighted by Gasteiger charge is 2.36. The van der Waals surface area contributed by atoms with Gasteiger partial charge in [-0.2, -0.15) is 13.2 Å². The quantitative estimate of drug-likeness (QED) is 0.639. The van der Waals surface area contributed by atoms with Crippen LogP contribution < -0.4 is 5.32 Å². The summed E-state index contributed by atoms with van der Waals surface area (Å²) in [5, 5.41) is 12.3. The van der Waals surface area contributed by atoms with Gasteiger partial charge in [-0.15, -0.1) is 0 Å². The van der Waals surface area contributed by atoms with Crippen LogP contribution >= 0.6 is 0 Å². The number of nitrogens with zero attached hydrogens (tertiary/aromatic N) is 1. The van der Waals surface area contributed by atoms with Crippen LogP contribution in [0, 0.1) is 5.92 Å². The first-order valence-electron chi connectivity index (χ1n) is 8.99. The van der Waals surface area contributed by atoms with Gasteiger partial charge in [0.05, 0.1) is 11.1 Å². The van der Waals surface area contributed by atoms with Crippen LogP contribution in [0.15, 0.2) is 47.6 Å². The van der Waals surface area contributed by atoms with Crippen molar-refractivity contribution in [3.8, 4) is 0 Å². The Labute approximate surface area is 159 Å². The smallest absolute Gasteiger partial charge is 0.415 e. The maximum absolute atomic E-state index is 13.7. The van der Waals surface area contributed by atoms with E-state index >= 15 is 0 Å². The van der Waals surface area contributed by atoms with E-state index in [1.165, 1.54) is 18.3 Å². The number of rotatable bonds is 4. The maximum atomic E-state index is 13.7. The zero-order valence-electron chi connectivity index (χ0n) is 15.2. The molecule has 1 heterocycles. The fourth-order valence-electron chi connectivity index (χ4n) is 3.68. The molecule has 3 rings (SSSR count). The van der Waals surface area contributed by atoms with E-state index in [2.05, 4.69) is 17.2 Å². The van der Waals surface area contributed by atoms with E-state index in [0.717, 1.165) is 25.3 Å². The third-order valence-corrected chi connectivity index (χ3v) is 5.14. The monoisotopic (exact) mass is 396 g/mol. The summed E-state index contributed by atoms with van der Waals surface area (Å²) in [5.41, 5.74) is -0.193. The third-order valence-electron chi connectivity index (χ3n) is 5.14. The summed E-state index contributed by atoms with van der Waals surface area (Å²) in [6.45, 7) is 2.11. The molecule has 4 nitrogen and oxygen atoms in total. The summed E-state index contributed by atoms with van der Waals surface area (Å²) in [4.78, 5) is 15.6. The van der Waals surface area contributed by atoms with Gasteiger partial charge < -0.3 is 10.4 Å². The van der Waals surface area contributed by atoms with Crippen molar-refractivity contribution in [2.45, 2.75) is 44.7 Å². The van der Waals surface area contributed by atoms with Crippen molar-refractivity contribution in [2.24, 2.45) is 5.92 Å². The molecule has 0 radical (unpaired) electrons. The highest BCUT2D eigenvalue weighted by atomic mass is 19.4. The summed E-state index contributed by atoms with van der Waals surface area (Å²) >= 11 is 0. The molecular formula is C20H20F4N2O2. The van der Waals surface area contributed by atoms with E-state index in [1.54, 1.807) is 6.07 Å². The molecule has 2 aliphatic rings. The van der Waals surface area contributed by atoms with Crippen LogP contribution in [0.2, 0.25) is 0 Å². The van der Waals surface area contributed by atoms with Gasteiger partial charge in [-0.1, -0.05) is 19.4 Å². The summed E-state index contributed by atoms with van der Waals surface area (Å²) in [6, 6.07) is 1.63. The molecule has 0 spiro atoms. The largest absolute Gasteiger partial charge is 0.478 e. The minimum Gasteiger partial charge on any atom is -0.478 e. The van der Waals surface area contributed by atoms with E-state index < -0.39 is 30.0 Å². The Bertz CT molecular complexity index is 871. The second-order valence-corrected chi connectivity index (χ2v) is 7.22. The Balaban J connectivity index is 1.85. The topological polar surface area (TPSA) is 62.2 Å². The molecule has 2 aliphatic carbocycles. The van der Waals surface area contributed by atoms with Crippen molar-refractivity contribution < 1.29 is 27.5 Å². The first kappa shape index (κ1) is 20.1. The number of aromatic nitrogens is 1. The maximum Gasteiger partial charge on any atom is 0.415 e. The van der Waals surface area contributed by atoms with E-state index in [-0.39, 0.29) is 17.2 Å². The Morgan fingerprint density at radius 2 is 2.04 bits per heavy atom. The van der Waals surface area contributed by atoms with Gasteiger partial charge in [-0.05, 0) is 48.5 Å². The first-order valence-corrected chi connectivity index (χ1v) is 8.99. The number of allylic oxidation sites excluding steroid dienone is 5. The highest BCUT2D eigenvalue weighted by molar-refractivity contribution is 5.89. The lowest BCUT2D eigenvalue weighted by atomic mass is 9.93. The van der Waals surface area contributed by atoms with Crippen LogP contribution in [0.1, 0.15) is 54.4 Å². The molecule has 1 fully saturated rings. The molecule has 0 bridgehead atoms. The number of pyridine rings is 1. The van der Waals surface area contributed by atoms with Crippen LogP contribution in [0.3, 0.4) is 0 Å². The van der Waals surface area contributed by atoms with Gasteiger partial charge in [-0.25, -0.2) is 14.2 Å². The summed E-state index contributed by atoms with van der Waals surface area (Å²) < 4.78 is 52.3. The zero-order chi connectivity index (χ0) is 20.5. The van der Waals surface area contributed by atoms with Gasteiger partial charge in [0.15, 0.2) is 0 Å². The van der Waals surface area contributed by atoms with Gasteiger partial charge in [0, 0.05) is 18.3 Å². The molecule has 1 aromatic rings. The standard InChI is InChI=1S/C20H20F4N2O2/c1-11-2-3-12(8-11)14-9-18(25-10-15(14)19(27)28)26-13-4-6-16(20(22,23)24)17(21)7-5-13/h4-5,7,9-12H,2-3,6,8H2,1H3,(H,25,26)(H,27,28). The van der Waals surface area contributed by atoms with Crippen molar-refractivity contribution in [2.75, 3.05) is 5.32 Å². The van der Waals surface area contributed by atoms with Crippen molar-refractivity contribution in [1.82, 2.24) is 4.98 Å². The predicted octanol–water partition coefficient (Wildman–Crippen LogP) is 5.73. The number of hydrogen-bond donors (Lipinski definition) is 2. The molecule has 2 N–H and O–H groups in total. The molecule has 0 aliphatic heterocycles. The molecule has 0 aromatic carbocycles. The second kappa shape index (κ2) is 7.77. The van der Waals surface area contributed by atoms with Crippen LogP contribution in [-0.4, -0.2) is 22.2 Å². The SMILES string of the molecule is CC1CCC(c2cc(NC3=CCC(C(F)(F)F)=C(F)C=C3)ncc2C(=O)O)C1. The number of hydrogen-bond acceptors (Lipinski definition) is 3. The summed E-state index contributed by atoms with van der Waals surface area (Å²) in [6.07, 6.45) is 1.86. The Morgan fingerprint density at radius 1 is 1.29 bits per heavy atom. The Morgan fingerprint density at radius 3 is 2.64 bits per heavy atom. The first-order chi connectivity index (χ1) is 13.1. The summed E-state index contributed by atoms with van der Waals surface area (Å²) in [7, 11) is 0. The number of nitrogens with one attached hydrogen (secondary N) is 1. The van der Waals surface area contributed by atoms with Crippen molar-refractivity contribution in [1.29, 1.82) is 0 Å². The molecule has 0 amide bonds. The second-order valence-electron chi connectivity index (χ2n) is 7.22. The lowest BCUT2D eigenvalue weighted by Gasteiger charge is -2.15. The average Bonchev–Trinajstić information content (AvgIpc) is 2.95. The average molecular weight is 396 g/mol. The van der Waals surface area contributed by atoms with Crippen molar-refractivity contribution in [3.63, 3.8) is 0 Å². The van der Waals surface area contributed by atoms with E-state index in [0.29, 0.717) is 17.3 Å². The number of halogens is 4. The molecule has 0 saturated heterocycles. The van der Waals surface area contributed by atoms with Gasteiger partial charge in [0.25, 0.3) is 0 Å². The van der Waals surface area contributed by atoms with Crippen molar-refractivity contribution >= 4 is 11.8 Å². The molecule has 150 valence electrons. The normalized spacial score (nSPS) is 22.8. The van der Waals surface area contributed by atoms with Crippen molar-refractivity contribution in [3.05, 3.63) is 58.7 Å². The van der Waals surface area contributed by atoms with Crippen LogP contribution in [-0.2, 0) is 0 Å². The third kappa shape index (κ3) is 4.43. The molecule has 8 heteroatoms. The van der Waals surface area contributed by atoms with Gasteiger partial charge in [0.2, 0.25) is 0 Å². The number of carboxylic acid groups (broad SMARTS) is 1. The minimum absolute atomic E-state index is 0.0965. The fourth-order valence-corrected chi connectivity index (χ4v) is 3.68. The molecule has 28 heavy (non-hydrogen) atoms. The van der Waals surface area contributed by atoms with Gasteiger partial charge in [-0.3, -0.25) is 0 Å². The Hall–Kier alpha value is -2.64. The summed E-state index contributed by atoms with van der Waals surface area (Å²) in [5.74, 6) is -1.48. The van der Waals surface area contributed by atoms with Crippen LogP contribution in [0.25, 0.3) is 0 Å². The molecule has 2 atom stereocenters. The molecular weight excluding hydrogens is 376 g/mol. The lowest BCUT2D eigenvalue weighted by molar-refractivity contribution is -0.0945. The molecule has 2 unspecified atom stereocenters. The fraction of sp³-hybridized carbons (Fsp3) is 0.400. The lowest BCUT2D eigenvalue weighted by Crippen LogP contribution is -2.12. The highest BCUT2D eigenvalue weighted by Crippen LogP contribution is 2.40. The van der Waals surface area contributed by atoms with Gasteiger partial charge in [0.1, 0.15) is 11.6 Å².